The molecule has 0 aliphatic carbocycles. The van der Waals surface area contributed by atoms with Gasteiger partial charge in [-0.05, 0) is 37.6 Å². The number of nitrogens with zero attached hydrogens (tertiary/aromatic N) is 9. The van der Waals surface area contributed by atoms with Crippen LogP contribution in [-0.4, -0.2) is 74.0 Å². The predicted molar refractivity (Wildman–Crippen MR) is 141 cm³/mol. The molecule has 0 saturated carbocycles. The van der Waals surface area contributed by atoms with Crippen molar-refractivity contribution < 1.29 is 18.4 Å². The molecule has 12 nitrogen and oxygen atoms in total. The molecule has 2 aromatic heterocycles. The van der Waals surface area contributed by atoms with Crippen LogP contribution in [0.4, 0.5) is 25.2 Å². The molecule has 2 aliphatic rings. The summed E-state index contributed by atoms with van der Waals surface area (Å²) in [6.45, 7) is 6.20. The molecule has 40 heavy (non-hydrogen) atoms. The molecule has 0 spiro atoms. The number of aryl methyl sites for hydroxylation is 1. The van der Waals surface area contributed by atoms with Gasteiger partial charge >= 0.3 is 6.03 Å². The second-order valence-corrected chi connectivity index (χ2v) is 9.52. The number of piperazine rings is 1. The Morgan fingerprint density at radius 3 is 2.58 bits per heavy atom. The van der Waals surface area contributed by atoms with E-state index >= 15 is 0 Å². The molecule has 3 aromatic rings. The van der Waals surface area contributed by atoms with Crippen LogP contribution in [0.2, 0.25) is 0 Å². The van der Waals surface area contributed by atoms with Crippen LogP contribution in [0.3, 0.4) is 0 Å². The van der Waals surface area contributed by atoms with Gasteiger partial charge < -0.3 is 15.1 Å². The number of urea groups is 1. The van der Waals surface area contributed by atoms with Crippen LogP contribution in [0, 0.1) is 36.8 Å². The zero-order valence-corrected chi connectivity index (χ0v) is 22.1. The van der Waals surface area contributed by atoms with Gasteiger partial charge in [-0.2, -0.15) is 20.4 Å². The van der Waals surface area contributed by atoms with Crippen molar-refractivity contribution in [3.8, 4) is 11.9 Å². The highest BCUT2D eigenvalue weighted by Crippen LogP contribution is 2.31. The highest BCUT2D eigenvalue weighted by atomic mass is 19.1. The monoisotopic (exact) mass is 548 g/mol. The van der Waals surface area contributed by atoms with Crippen molar-refractivity contribution in [1.29, 1.82) is 5.26 Å². The van der Waals surface area contributed by atoms with E-state index < -0.39 is 17.7 Å². The third-order valence-electron chi connectivity index (χ3n) is 6.80. The number of nitrogens with one attached hydrogen (secondary N) is 1. The van der Waals surface area contributed by atoms with Crippen LogP contribution in [-0.2, 0) is 4.79 Å². The highest BCUT2D eigenvalue weighted by molar-refractivity contribution is 5.90. The summed E-state index contributed by atoms with van der Waals surface area (Å²) in [5.74, 6) is -1.27. The van der Waals surface area contributed by atoms with E-state index in [1.807, 2.05) is 11.0 Å². The Morgan fingerprint density at radius 1 is 1.12 bits per heavy atom. The van der Waals surface area contributed by atoms with E-state index in [9.17, 15) is 23.6 Å². The average molecular weight is 549 g/mol. The van der Waals surface area contributed by atoms with E-state index in [-0.39, 0.29) is 29.3 Å². The van der Waals surface area contributed by atoms with Crippen molar-refractivity contribution >= 4 is 29.8 Å². The lowest BCUT2D eigenvalue weighted by Crippen LogP contribution is -2.52. The van der Waals surface area contributed by atoms with Crippen molar-refractivity contribution in [3.05, 3.63) is 58.5 Å². The quantitative estimate of drug-likeness (QED) is 0.529. The van der Waals surface area contributed by atoms with Crippen molar-refractivity contribution in [3.63, 3.8) is 0 Å². The molecule has 3 amide bonds. The molecule has 4 heterocycles. The lowest BCUT2D eigenvalue weighted by atomic mass is 10.0. The number of rotatable bonds is 4. The van der Waals surface area contributed by atoms with Crippen LogP contribution in [0.25, 0.3) is 5.82 Å². The van der Waals surface area contributed by atoms with Gasteiger partial charge in [0.25, 0.3) is 0 Å². The molecule has 1 unspecified atom stereocenters. The maximum absolute atomic E-state index is 14.8. The van der Waals surface area contributed by atoms with Crippen LogP contribution in [0.1, 0.15) is 41.9 Å². The van der Waals surface area contributed by atoms with Gasteiger partial charge in [-0.3, -0.25) is 4.79 Å². The predicted octanol–water partition coefficient (Wildman–Crippen LogP) is 3.06. The summed E-state index contributed by atoms with van der Waals surface area (Å²) < 4.78 is 30.2. The molecule has 1 aromatic carbocycles. The van der Waals surface area contributed by atoms with Gasteiger partial charge in [0.2, 0.25) is 11.9 Å². The molecule has 0 bridgehead atoms. The molecule has 2 aliphatic heterocycles. The van der Waals surface area contributed by atoms with E-state index in [0.717, 1.165) is 12.3 Å². The number of benzene rings is 1. The number of nitriles is 1. The van der Waals surface area contributed by atoms with Crippen molar-refractivity contribution in [2.45, 2.75) is 33.2 Å². The first-order chi connectivity index (χ1) is 19.2. The van der Waals surface area contributed by atoms with Gasteiger partial charge in [0, 0.05) is 45.7 Å². The number of hydrazone groups is 1. The summed E-state index contributed by atoms with van der Waals surface area (Å²) in [6.07, 6.45) is 3.07. The van der Waals surface area contributed by atoms with Crippen LogP contribution in [0.5, 0.6) is 0 Å². The minimum Gasteiger partial charge on any atom is -0.337 e. The van der Waals surface area contributed by atoms with Crippen LogP contribution < -0.4 is 10.2 Å². The maximum Gasteiger partial charge on any atom is 0.341 e. The first kappa shape index (κ1) is 26.7. The number of carbonyl (C=O) groups excluding carboxylic acids is 2. The van der Waals surface area contributed by atoms with Gasteiger partial charge in [0.05, 0.1) is 40.9 Å². The smallest absolute Gasteiger partial charge is 0.337 e. The first-order valence-corrected chi connectivity index (χ1v) is 12.6. The minimum atomic E-state index is -0.674. The maximum atomic E-state index is 14.8. The third-order valence-corrected chi connectivity index (χ3v) is 6.80. The van der Waals surface area contributed by atoms with Crippen LogP contribution in [0.15, 0.2) is 29.5 Å². The number of anilines is 2. The van der Waals surface area contributed by atoms with Crippen molar-refractivity contribution in [2.24, 2.45) is 5.10 Å². The third kappa shape index (κ3) is 5.05. The Labute approximate surface area is 228 Å². The normalized spacial score (nSPS) is 16.8. The Hall–Kier alpha value is -4.93. The van der Waals surface area contributed by atoms with Gasteiger partial charge in [-0.1, -0.05) is 0 Å². The molecule has 1 saturated heterocycles. The summed E-state index contributed by atoms with van der Waals surface area (Å²) in [6, 6.07) is 5.10. The zero-order chi connectivity index (χ0) is 28.6. The molecule has 1 atom stereocenters. The lowest BCUT2D eigenvalue weighted by molar-refractivity contribution is -0.114. The molecule has 0 radical (unpaired) electrons. The number of hydrogen-bond donors (Lipinski definition) is 1. The Kier molecular flexibility index (Phi) is 7.12. The van der Waals surface area contributed by atoms with E-state index in [1.54, 1.807) is 31.0 Å². The second kappa shape index (κ2) is 10.7. The zero-order valence-electron chi connectivity index (χ0n) is 22.1. The molecular formula is C26H26F2N10O2. The number of aromatic nitrogens is 4. The summed E-state index contributed by atoms with van der Waals surface area (Å²) in [4.78, 5) is 36.9. The van der Waals surface area contributed by atoms with Gasteiger partial charge in [0.1, 0.15) is 5.82 Å². The largest absolute Gasteiger partial charge is 0.341 e. The lowest BCUT2D eigenvalue weighted by Gasteiger charge is -2.37. The Bertz CT molecular complexity index is 1560. The summed E-state index contributed by atoms with van der Waals surface area (Å²) in [5.41, 5.74) is 2.20. The fraction of sp³-hybridized carbons (Fsp3) is 0.346. The summed E-state index contributed by atoms with van der Waals surface area (Å²) >= 11 is 0. The first-order valence-electron chi connectivity index (χ1n) is 12.6. The van der Waals surface area contributed by atoms with E-state index in [1.165, 1.54) is 22.7 Å². The molecule has 5 rings (SSSR count). The van der Waals surface area contributed by atoms with E-state index in [2.05, 4.69) is 25.5 Å². The molecule has 1 fully saturated rings. The minimum absolute atomic E-state index is 0.0539. The van der Waals surface area contributed by atoms with Crippen molar-refractivity contribution in [1.82, 2.24) is 29.7 Å². The van der Waals surface area contributed by atoms with Gasteiger partial charge in [-0.15, -0.1) is 0 Å². The highest BCUT2D eigenvalue weighted by Gasteiger charge is 2.34. The summed E-state index contributed by atoms with van der Waals surface area (Å²) in [5, 5.41) is 21.8. The van der Waals surface area contributed by atoms with Gasteiger partial charge in [-0.25, -0.2) is 28.3 Å². The average Bonchev–Trinajstić information content (AvgIpc) is 3.53. The number of hydrogen-bond acceptors (Lipinski definition) is 8. The number of halogens is 2. The molecule has 1 N–H and O–H groups in total. The number of carbonyl (C=O) groups is 2. The fourth-order valence-electron chi connectivity index (χ4n) is 4.84. The van der Waals surface area contributed by atoms with Crippen LogP contribution >= 0.6 is 0 Å². The fourth-order valence-corrected chi connectivity index (χ4v) is 4.84. The standard InChI is InChI=1S/C26H26F2N10O2/c1-15-23(32-17(3)39)16(2)37(34-15)24-21(28)14-30-25(33-24)35-6-8-36(9-7-35)26(40)38-22(4-5-31-38)19-10-18(13-29)11-20(27)12-19/h5,10-12,14,22H,4,6-9H2,1-3H3,(H,32,39). The molecular weight excluding hydrogens is 522 g/mol. The summed E-state index contributed by atoms with van der Waals surface area (Å²) in [7, 11) is 0. The van der Waals surface area contributed by atoms with Gasteiger partial charge in [0.15, 0.2) is 11.6 Å². The molecule has 14 heteroatoms. The Morgan fingerprint density at radius 2 is 1.88 bits per heavy atom. The molecule has 206 valence electrons. The topological polar surface area (TPSA) is 136 Å². The van der Waals surface area contributed by atoms with Crippen molar-refractivity contribution in [2.75, 3.05) is 36.4 Å². The second-order valence-electron chi connectivity index (χ2n) is 9.52. The number of amides is 3. The Balaban J connectivity index is 1.30. The van der Waals surface area contributed by atoms with E-state index in [4.69, 9.17) is 0 Å². The van der Waals surface area contributed by atoms with E-state index in [0.29, 0.717) is 55.2 Å². The SMILES string of the molecule is CC(=O)Nc1c(C)nn(-c2nc(N3CCN(C(=O)N4N=CCC4c4cc(F)cc(C#N)c4)CC3)ncc2F)c1C.